The first-order valence-electron chi connectivity index (χ1n) is 8.97. The van der Waals surface area contributed by atoms with Gasteiger partial charge in [0.25, 0.3) is 0 Å². The van der Waals surface area contributed by atoms with Gasteiger partial charge in [-0.05, 0) is 49.4 Å². The summed E-state index contributed by atoms with van der Waals surface area (Å²) in [4.78, 5) is 4.77. The predicted octanol–water partition coefficient (Wildman–Crippen LogP) is 5.12. The van der Waals surface area contributed by atoms with Crippen LogP contribution in [0.4, 0.5) is 0 Å². The van der Waals surface area contributed by atoms with Crippen molar-refractivity contribution in [2.24, 2.45) is 4.99 Å². The Morgan fingerprint density at radius 3 is 2.54 bits per heavy atom. The van der Waals surface area contributed by atoms with Crippen molar-refractivity contribution in [1.29, 1.82) is 0 Å². The van der Waals surface area contributed by atoms with Gasteiger partial charge >= 0.3 is 0 Å². The molecule has 0 radical (unpaired) electrons. The normalized spacial score (nSPS) is 11.8. The van der Waals surface area contributed by atoms with E-state index in [-0.39, 0.29) is 0 Å². The van der Waals surface area contributed by atoms with Gasteiger partial charge in [-0.15, -0.1) is 0 Å². The summed E-state index contributed by atoms with van der Waals surface area (Å²) in [5.41, 5.74) is 2.81. The highest BCUT2D eigenvalue weighted by Gasteiger charge is 2.10. The fraction of sp³-hybridized carbons (Fsp3) is 0.174. The number of rotatable bonds is 5. The number of aryl methyl sites for hydroxylation is 1. The summed E-state index contributed by atoms with van der Waals surface area (Å²) in [5.74, 6) is 2.84. The Kier molecular flexibility index (Phi) is 4.89. The molecule has 0 unspecified atom stereocenters. The number of methoxy groups -OCH3 is 2. The second-order valence-electron chi connectivity index (χ2n) is 6.46. The maximum atomic E-state index is 6.17. The SMILES string of the molecule is COc1ccc(-c2cc(=NCc3ccco3)c3cc(C)ccc3o2)cc1OC. The standard InChI is InChI=1S/C23H21NO4/c1-15-6-8-20-18(11-15)19(24-14-17-5-4-10-27-17)13-22(28-20)16-7-9-21(25-2)23(12-16)26-3/h4-13H,14H2,1-3H3. The Hall–Kier alpha value is -3.47. The van der Waals surface area contributed by atoms with Crippen LogP contribution in [-0.4, -0.2) is 14.2 Å². The van der Waals surface area contributed by atoms with E-state index in [4.69, 9.17) is 23.3 Å². The van der Waals surface area contributed by atoms with Gasteiger partial charge in [-0.1, -0.05) is 11.6 Å². The van der Waals surface area contributed by atoms with E-state index in [1.807, 2.05) is 48.5 Å². The Morgan fingerprint density at radius 1 is 0.929 bits per heavy atom. The maximum absolute atomic E-state index is 6.17. The van der Waals surface area contributed by atoms with Crippen molar-refractivity contribution in [2.45, 2.75) is 13.5 Å². The number of benzene rings is 2. The molecule has 4 aromatic rings. The molecule has 142 valence electrons. The number of ether oxygens (including phenoxy) is 2. The molecule has 28 heavy (non-hydrogen) atoms. The zero-order chi connectivity index (χ0) is 19.5. The van der Waals surface area contributed by atoms with Crippen molar-refractivity contribution in [2.75, 3.05) is 14.2 Å². The highest BCUT2D eigenvalue weighted by molar-refractivity contribution is 5.79. The van der Waals surface area contributed by atoms with Gasteiger partial charge in [-0.2, -0.15) is 0 Å². The lowest BCUT2D eigenvalue weighted by atomic mass is 10.1. The molecular weight excluding hydrogens is 354 g/mol. The molecule has 0 N–H and O–H groups in total. The van der Waals surface area contributed by atoms with E-state index in [2.05, 4.69) is 13.0 Å². The van der Waals surface area contributed by atoms with E-state index in [9.17, 15) is 0 Å². The van der Waals surface area contributed by atoms with Gasteiger partial charge in [0, 0.05) is 17.0 Å². The molecular formula is C23H21NO4. The number of furan rings is 1. The van der Waals surface area contributed by atoms with Crippen molar-refractivity contribution in [1.82, 2.24) is 0 Å². The summed E-state index contributed by atoms with van der Waals surface area (Å²) in [5, 5.41) is 1.82. The number of nitrogens with zero attached hydrogens (tertiary/aromatic N) is 1. The van der Waals surface area contributed by atoms with Crippen LogP contribution < -0.4 is 14.8 Å². The molecule has 0 spiro atoms. The van der Waals surface area contributed by atoms with E-state index >= 15 is 0 Å². The monoisotopic (exact) mass is 375 g/mol. The minimum absolute atomic E-state index is 0.464. The zero-order valence-corrected chi connectivity index (χ0v) is 16.1. The molecule has 0 aliphatic carbocycles. The van der Waals surface area contributed by atoms with E-state index in [1.165, 1.54) is 0 Å². The van der Waals surface area contributed by atoms with E-state index in [0.717, 1.165) is 33.2 Å². The van der Waals surface area contributed by atoms with Gasteiger partial charge in [-0.3, -0.25) is 4.99 Å². The molecule has 2 heterocycles. The van der Waals surface area contributed by atoms with Gasteiger partial charge in [0.05, 0.1) is 32.4 Å². The number of fused-ring (bicyclic) bond motifs is 1. The first kappa shape index (κ1) is 17.9. The summed E-state index contributed by atoms with van der Waals surface area (Å²) >= 11 is 0. The molecule has 2 aromatic heterocycles. The first-order chi connectivity index (χ1) is 13.7. The Bertz CT molecular complexity index is 1170. The molecule has 2 aromatic carbocycles. The first-order valence-corrected chi connectivity index (χ1v) is 8.97. The second kappa shape index (κ2) is 7.64. The molecule has 0 atom stereocenters. The molecule has 0 saturated carbocycles. The maximum Gasteiger partial charge on any atom is 0.161 e. The van der Waals surface area contributed by atoms with Crippen molar-refractivity contribution in [3.05, 3.63) is 77.5 Å². The average molecular weight is 375 g/mol. The van der Waals surface area contributed by atoms with Gasteiger partial charge in [0.15, 0.2) is 11.5 Å². The Balaban J connectivity index is 1.88. The van der Waals surface area contributed by atoms with Crippen LogP contribution in [0.25, 0.3) is 22.3 Å². The third-order valence-electron chi connectivity index (χ3n) is 4.55. The summed E-state index contributed by atoms with van der Waals surface area (Å²) in [6, 6.07) is 17.5. The van der Waals surface area contributed by atoms with Crippen LogP contribution in [-0.2, 0) is 6.54 Å². The molecule has 5 nitrogen and oxygen atoms in total. The van der Waals surface area contributed by atoms with Crippen molar-refractivity contribution >= 4 is 11.0 Å². The van der Waals surface area contributed by atoms with E-state index in [1.54, 1.807) is 20.5 Å². The minimum Gasteiger partial charge on any atom is -0.493 e. The van der Waals surface area contributed by atoms with Crippen LogP contribution in [0.2, 0.25) is 0 Å². The summed E-state index contributed by atoms with van der Waals surface area (Å²) in [6.07, 6.45) is 1.66. The fourth-order valence-electron chi connectivity index (χ4n) is 3.11. The molecule has 0 bridgehead atoms. The smallest absolute Gasteiger partial charge is 0.161 e. The average Bonchev–Trinajstić information content (AvgIpc) is 3.25. The lowest BCUT2D eigenvalue weighted by molar-refractivity contribution is 0.355. The highest BCUT2D eigenvalue weighted by Crippen LogP contribution is 2.32. The third-order valence-corrected chi connectivity index (χ3v) is 4.55. The van der Waals surface area contributed by atoms with Gasteiger partial charge in [0.2, 0.25) is 0 Å². The molecule has 0 amide bonds. The third kappa shape index (κ3) is 3.51. The highest BCUT2D eigenvalue weighted by atomic mass is 16.5. The molecule has 0 aliphatic rings. The molecule has 0 aliphatic heterocycles. The van der Waals surface area contributed by atoms with Crippen molar-refractivity contribution in [3.8, 4) is 22.8 Å². The van der Waals surface area contributed by atoms with Crippen molar-refractivity contribution in [3.63, 3.8) is 0 Å². The van der Waals surface area contributed by atoms with Crippen molar-refractivity contribution < 1.29 is 18.3 Å². The summed E-state index contributed by atoms with van der Waals surface area (Å²) < 4.78 is 22.3. The van der Waals surface area contributed by atoms with E-state index < -0.39 is 0 Å². The minimum atomic E-state index is 0.464. The second-order valence-corrected chi connectivity index (χ2v) is 6.46. The van der Waals surface area contributed by atoms with Crippen LogP contribution in [0.15, 0.2) is 74.7 Å². The van der Waals surface area contributed by atoms with Crippen LogP contribution in [0.1, 0.15) is 11.3 Å². The zero-order valence-electron chi connectivity index (χ0n) is 16.1. The summed E-state index contributed by atoms with van der Waals surface area (Å²) in [6.45, 7) is 2.52. The van der Waals surface area contributed by atoms with Gasteiger partial charge < -0.3 is 18.3 Å². The summed E-state index contributed by atoms with van der Waals surface area (Å²) in [7, 11) is 3.23. The molecule has 0 saturated heterocycles. The lowest BCUT2D eigenvalue weighted by Gasteiger charge is -2.10. The quantitative estimate of drug-likeness (QED) is 0.486. The van der Waals surface area contributed by atoms with Gasteiger partial charge in [0.1, 0.15) is 17.1 Å². The van der Waals surface area contributed by atoms with Crippen LogP contribution in [0.3, 0.4) is 0 Å². The largest absolute Gasteiger partial charge is 0.493 e. The molecule has 4 rings (SSSR count). The molecule has 5 heteroatoms. The fourth-order valence-corrected chi connectivity index (χ4v) is 3.11. The Labute approximate surface area is 162 Å². The predicted molar refractivity (Wildman–Crippen MR) is 107 cm³/mol. The van der Waals surface area contributed by atoms with E-state index in [0.29, 0.717) is 23.8 Å². The topological polar surface area (TPSA) is 57.1 Å². The van der Waals surface area contributed by atoms with Gasteiger partial charge in [-0.25, -0.2) is 0 Å². The Morgan fingerprint density at radius 2 is 1.79 bits per heavy atom. The van der Waals surface area contributed by atoms with Crippen LogP contribution in [0, 0.1) is 6.92 Å². The molecule has 0 fully saturated rings. The number of hydrogen-bond donors (Lipinski definition) is 0. The van der Waals surface area contributed by atoms with Crippen LogP contribution >= 0.6 is 0 Å². The van der Waals surface area contributed by atoms with Crippen LogP contribution in [0.5, 0.6) is 11.5 Å². The lowest BCUT2D eigenvalue weighted by Crippen LogP contribution is -2.05. The number of hydrogen-bond acceptors (Lipinski definition) is 5.